The summed E-state index contributed by atoms with van der Waals surface area (Å²) in [6.07, 6.45) is 0.776. The fourth-order valence-corrected chi connectivity index (χ4v) is 3.88. The van der Waals surface area contributed by atoms with Crippen molar-refractivity contribution in [1.29, 1.82) is 0 Å². The van der Waals surface area contributed by atoms with Gasteiger partial charge in [-0.25, -0.2) is 0 Å². The summed E-state index contributed by atoms with van der Waals surface area (Å²) in [6, 6.07) is 12.0. The largest absolute Gasteiger partial charge is 0.332 e. The molecule has 0 aliphatic carbocycles. The molecule has 0 spiro atoms. The van der Waals surface area contributed by atoms with Gasteiger partial charge in [-0.1, -0.05) is 37.3 Å². The van der Waals surface area contributed by atoms with Gasteiger partial charge >= 0.3 is 0 Å². The molecule has 4 nitrogen and oxygen atoms in total. The van der Waals surface area contributed by atoms with E-state index in [9.17, 15) is 9.59 Å². The molecule has 27 heavy (non-hydrogen) atoms. The van der Waals surface area contributed by atoms with Crippen LogP contribution in [0.2, 0.25) is 0 Å². The third-order valence-electron chi connectivity index (χ3n) is 4.73. The molecule has 0 aliphatic heterocycles. The molecule has 1 unspecified atom stereocenters. The second kappa shape index (κ2) is 10.5. The van der Waals surface area contributed by atoms with Crippen molar-refractivity contribution in [3.8, 4) is 0 Å². The van der Waals surface area contributed by atoms with E-state index in [-0.39, 0.29) is 30.3 Å². The Hall–Kier alpha value is -1.85. The number of thiophene rings is 1. The van der Waals surface area contributed by atoms with E-state index in [1.165, 1.54) is 5.56 Å². The number of rotatable bonds is 9. The number of benzene rings is 1. The highest BCUT2D eigenvalue weighted by Gasteiger charge is 2.24. The molecule has 2 rings (SSSR count). The number of hydrogen-bond acceptors (Lipinski definition) is 3. The normalized spacial score (nSPS) is 11.9. The molecule has 1 aromatic heterocycles. The minimum absolute atomic E-state index is 0.0257. The highest BCUT2D eigenvalue weighted by molar-refractivity contribution is 7.10. The van der Waals surface area contributed by atoms with E-state index in [2.05, 4.69) is 13.0 Å². The van der Waals surface area contributed by atoms with Crippen molar-refractivity contribution < 1.29 is 9.59 Å². The van der Waals surface area contributed by atoms with Crippen LogP contribution in [0.3, 0.4) is 0 Å². The lowest BCUT2D eigenvalue weighted by Gasteiger charge is -2.31. The van der Waals surface area contributed by atoms with Gasteiger partial charge in [-0.2, -0.15) is 0 Å². The summed E-state index contributed by atoms with van der Waals surface area (Å²) in [5.74, 6) is -0.378. The standard InChI is InChI=1S/C21H27ClN2O2S/c1-4-17(3)24(20(25)12-22)15-21(26)23(13-18-8-6-5-7-9-18)14-19-16(2)10-11-27-19/h5-11,17H,4,12-15H2,1-3H3. The van der Waals surface area contributed by atoms with Crippen molar-refractivity contribution in [3.63, 3.8) is 0 Å². The number of carbonyl (C=O) groups is 2. The quantitative estimate of drug-likeness (QED) is 0.577. The molecule has 0 radical (unpaired) electrons. The molecule has 2 amide bonds. The van der Waals surface area contributed by atoms with Crippen LogP contribution >= 0.6 is 22.9 Å². The number of hydrogen-bond donors (Lipinski definition) is 0. The average molecular weight is 407 g/mol. The number of alkyl halides is 1. The molecule has 0 aliphatic rings. The smallest absolute Gasteiger partial charge is 0.242 e. The number of nitrogens with zero attached hydrogens (tertiary/aromatic N) is 2. The van der Waals surface area contributed by atoms with Crippen LogP contribution in [-0.2, 0) is 22.7 Å². The Balaban J connectivity index is 2.21. The highest BCUT2D eigenvalue weighted by atomic mass is 35.5. The Bertz CT molecular complexity index is 748. The van der Waals surface area contributed by atoms with Crippen LogP contribution in [0.1, 0.15) is 36.3 Å². The molecule has 0 bridgehead atoms. The summed E-state index contributed by atoms with van der Waals surface area (Å²) >= 11 is 7.41. The molecule has 1 heterocycles. The molecule has 2 aromatic rings. The van der Waals surface area contributed by atoms with Gasteiger partial charge in [-0.3, -0.25) is 9.59 Å². The third-order valence-corrected chi connectivity index (χ3v) is 5.97. The monoisotopic (exact) mass is 406 g/mol. The zero-order valence-electron chi connectivity index (χ0n) is 16.2. The SMILES string of the molecule is CCC(C)N(CC(=O)N(Cc1ccccc1)Cc1sccc1C)C(=O)CCl. The third kappa shape index (κ3) is 6.08. The van der Waals surface area contributed by atoms with E-state index in [0.29, 0.717) is 13.1 Å². The van der Waals surface area contributed by atoms with Gasteiger partial charge in [0.05, 0.1) is 6.54 Å². The lowest BCUT2D eigenvalue weighted by molar-refractivity contribution is -0.141. The first-order valence-corrected chi connectivity index (χ1v) is 10.6. The van der Waals surface area contributed by atoms with Crippen LogP contribution < -0.4 is 0 Å². The Kier molecular flexibility index (Phi) is 8.32. The summed E-state index contributed by atoms with van der Waals surface area (Å²) in [5.41, 5.74) is 2.25. The molecule has 0 saturated heterocycles. The molecule has 0 saturated carbocycles. The second-order valence-electron chi connectivity index (χ2n) is 6.67. The van der Waals surface area contributed by atoms with Gasteiger partial charge < -0.3 is 9.80 Å². The van der Waals surface area contributed by atoms with Gasteiger partial charge in [0, 0.05) is 17.5 Å². The summed E-state index contributed by atoms with van der Waals surface area (Å²) < 4.78 is 0. The van der Waals surface area contributed by atoms with Crippen LogP contribution in [0.25, 0.3) is 0 Å². The van der Waals surface area contributed by atoms with Gasteiger partial charge in [-0.15, -0.1) is 22.9 Å². The zero-order valence-corrected chi connectivity index (χ0v) is 17.7. The van der Waals surface area contributed by atoms with Crippen molar-refractivity contribution in [3.05, 3.63) is 57.8 Å². The first kappa shape index (κ1) is 21.5. The van der Waals surface area contributed by atoms with E-state index in [1.807, 2.05) is 54.5 Å². The second-order valence-corrected chi connectivity index (χ2v) is 7.94. The number of aryl methyl sites for hydroxylation is 1. The van der Waals surface area contributed by atoms with Crippen molar-refractivity contribution in [2.75, 3.05) is 12.4 Å². The predicted molar refractivity (Wildman–Crippen MR) is 112 cm³/mol. The van der Waals surface area contributed by atoms with Gasteiger partial charge in [-0.05, 0) is 42.8 Å². The predicted octanol–water partition coefficient (Wildman–Crippen LogP) is 4.45. The van der Waals surface area contributed by atoms with Gasteiger partial charge in [0.25, 0.3) is 0 Å². The Morgan fingerprint density at radius 1 is 1.11 bits per heavy atom. The molecular weight excluding hydrogens is 380 g/mol. The maximum Gasteiger partial charge on any atom is 0.242 e. The minimum atomic E-state index is -0.202. The minimum Gasteiger partial charge on any atom is -0.332 e. The van der Waals surface area contributed by atoms with Gasteiger partial charge in [0.2, 0.25) is 11.8 Å². The van der Waals surface area contributed by atoms with Crippen molar-refractivity contribution >= 4 is 34.8 Å². The Morgan fingerprint density at radius 2 is 1.81 bits per heavy atom. The summed E-state index contributed by atoms with van der Waals surface area (Å²) in [4.78, 5) is 29.9. The number of carbonyl (C=O) groups excluding carboxylic acids is 2. The van der Waals surface area contributed by atoms with E-state index in [1.54, 1.807) is 16.2 Å². The first-order valence-electron chi connectivity index (χ1n) is 9.16. The summed E-state index contributed by atoms with van der Waals surface area (Å²) in [6.45, 7) is 7.11. The summed E-state index contributed by atoms with van der Waals surface area (Å²) in [7, 11) is 0. The lowest BCUT2D eigenvalue weighted by Crippen LogP contribution is -2.46. The van der Waals surface area contributed by atoms with E-state index >= 15 is 0 Å². The van der Waals surface area contributed by atoms with E-state index in [4.69, 9.17) is 11.6 Å². The fourth-order valence-electron chi connectivity index (χ4n) is 2.81. The first-order chi connectivity index (χ1) is 13.0. The van der Waals surface area contributed by atoms with Gasteiger partial charge in [0.1, 0.15) is 12.4 Å². The molecule has 0 N–H and O–H groups in total. The fraction of sp³-hybridized carbons (Fsp3) is 0.429. The van der Waals surface area contributed by atoms with E-state index < -0.39 is 0 Å². The van der Waals surface area contributed by atoms with Crippen LogP contribution in [0.4, 0.5) is 0 Å². The van der Waals surface area contributed by atoms with Crippen molar-refractivity contribution in [2.24, 2.45) is 0 Å². The molecule has 1 atom stereocenters. The van der Waals surface area contributed by atoms with E-state index in [0.717, 1.165) is 16.9 Å². The molecule has 146 valence electrons. The zero-order chi connectivity index (χ0) is 19.8. The number of amides is 2. The average Bonchev–Trinajstić information content (AvgIpc) is 3.09. The number of halogens is 1. The topological polar surface area (TPSA) is 40.6 Å². The van der Waals surface area contributed by atoms with Crippen LogP contribution in [-0.4, -0.2) is 40.1 Å². The van der Waals surface area contributed by atoms with Crippen LogP contribution in [0.15, 0.2) is 41.8 Å². The molecular formula is C21H27ClN2O2S. The van der Waals surface area contributed by atoms with Gasteiger partial charge in [0.15, 0.2) is 0 Å². The molecule has 0 fully saturated rings. The Morgan fingerprint density at radius 3 is 2.37 bits per heavy atom. The highest BCUT2D eigenvalue weighted by Crippen LogP contribution is 2.20. The maximum atomic E-state index is 13.1. The molecule has 1 aromatic carbocycles. The maximum absolute atomic E-state index is 13.1. The van der Waals surface area contributed by atoms with Crippen LogP contribution in [0.5, 0.6) is 0 Å². The summed E-state index contributed by atoms with van der Waals surface area (Å²) in [5, 5.41) is 2.04. The van der Waals surface area contributed by atoms with Crippen molar-refractivity contribution in [1.82, 2.24) is 9.80 Å². The molecule has 6 heteroatoms. The Labute approximate surface area is 170 Å². The lowest BCUT2D eigenvalue weighted by atomic mass is 10.2. The van der Waals surface area contributed by atoms with Crippen molar-refractivity contribution in [2.45, 2.75) is 46.3 Å². The van der Waals surface area contributed by atoms with Crippen LogP contribution in [0, 0.1) is 6.92 Å².